The first-order chi connectivity index (χ1) is 10.8. The third kappa shape index (κ3) is 3.17. The van der Waals surface area contributed by atoms with E-state index in [1.54, 1.807) is 14.2 Å². The molecule has 4 nitrogen and oxygen atoms in total. The van der Waals surface area contributed by atoms with E-state index in [4.69, 9.17) is 9.47 Å². The summed E-state index contributed by atoms with van der Waals surface area (Å²) < 4.78 is 13.0. The molecule has 1 heterocycles. The Balaban J connectivity index is 1.87. The van der Waals surface area contributed by atoms with E-state index in [9.17, 15) is 0 Å². The predicted octanol–water partition coefficient (Wildman–Crippen LogP) is 3.90. The Morgan fingerprint density at radius 3 is 2.77 bits per heavy atom. The van der Waals surface area contributed by atoms with Crippen LogP contribution in [-0.4, -0.2) is 23.8 Å². The van der Waals surface area contributed by atoms with Crippen LogP contribution in [0.1, 0.15) is 31.2 Å². The quantitative estimate of drug-likeness (QED) is 0.812. The van der Waals surface area contributed by atoms with Crippen LogP contribution in [-0.2, 0) is 17.9 Å². The van der Waals surface area contributed by atoms with Crippen LogP contribution in [0.2, 0.25) is 0 Å². The fourth-order valence-electron chi connectivity index (χ4n) is 3.37. The molecular formula is C18H24N2O2. The molecule has 0 spiro atoms. The molecule has 0 amide bonds. The molecule has 0 atom stereocenters. The summed E-state index contributed by atoms with van der Waals surface area (Å²) in [4.78, 5) is 4.57. The van der Waals surface area contributed by atoms with Crippen molar-refractivity contribution < 1.29 is 9.47 Å². The van der Waals surface area contributed by atoms with Crippen molar-refractivity contribution in [2.45, 2.75) is 38.8 Å². The standard InChI is InChI=1S/C18H24N2O2/c1-21-13-16-11-15(7-8-17(16)22-2)18-19-9-10-20(18)12-14-5-3-4-6-14/h7-11,14H,3-6,12-13H2,1-2H3. The molecule has 4 heteroatoms. The van der Waals surface area contributed by atoms with Crippen molar-refractivity contribution in [3.63, 3.8) is 0 Å². The molecular weight excluding hydrogens is 276 g/mol. The highest BCUT2D eigenvalue weighted by molar-refractivity contribution is 5.59. The highest BCUT2D eigenvalue weighted by atomic mass is 16.5. The molecule has 0 aliphatic heterocycles. The number of methoxy groups -OCH3 is 2. The molecule has 0 saturated heterocycles. The van der Waals surface area contributed by atoms with Crippen molar-refractivity contribution in [2.24, 2.45) is 5.92 Å². The van der Waals surface area contributed by atoms with Gasteiger partial charge in [0.2, 0.25) is 0 Å². The topological polar surface area (TPSA) is 36.3 Å². The Labute approximate surface area is 132 Å². The first-order valence-electron chi connectivity index (χ1n) is 7.99. The zero-order valence-corrected chi connectivity index (χ0v) is 13.4. The molecule has 22 heavy (non-hydrogen) atoms. The summed E-state index contributed by atoms with van der Waals surface area (Å²) in [5.74, 6) is 2.69. The highest BCUT2D eigenvalue weighted by Crippen LogP contribution is 2.30. The molecule has 1 aliphatic rings. The van der Waals surface area contributed by atoms with Gasteiger partial charge in [-0.25, -0.2) is 4.98 Å². The Hall–Kier alpha value is -1.81. The minimum absolute atomic E-state index is 0.542. The van der Waals surface area contributed by atoms with E-state index in [1.165, 1.54) is 25.7 Å². The molecule has 1 aliphatic carbocycles. The summed E-state index contributed by atoms with van der Waals surface area (Å²) in [6.45, 7) is 1.61. The maximum absolute atomic E-state index is 5.40. The van der Waals surface area contributed by atoms with E-state index in [0.717, 1.165) is 35.2 Å². The number of benzene rings is 1. The molecule has 0 radical (unpaired) electrons. The van der Waals surface area contributed by atoms with E-state index in [-0.39, 0.29) is 0 Å². The Morgan fingerprint density at radius 1 is 1.23 bits per heavy atom. The third-order valence-electron chi connectivity index (χ3n) is 4.48. The van der Waals surface area contributed by atoms with Gasteiger partial charge in [0.15, 0.2) is 0 Å². The molecule has 1 aromatic carbocycles. The van der Waals surface area contributed by atoms with Crippen LogP contribution in [0.4, 0.5) is 0 Å². The Bertz CT molecular complexity index is 615. The second kappa shape index (κ2) is 6.97. The van der Waals surface area contributed by atoms with Gasteiger partial charge in [0.1, 0.15) is 11.6 Å². The fourth-order valence-corrected chi connectivity index (χ4v) is 3.37. The number of hydrogen-bond donors (Lipinski definition) is 0. The van der Waals surface area contributed by atoms with Gasteiger partial charge in [0.25, 0.3) is 0 Å². The van der Waals surface area contributed by atoms with E-state index in [1.807, 2.05) is 12.3 Å². The van der Waals surface area contributed by atoms with Crippen molar-refractivity contribution in [3.8, 4) is 17.1 Å². The van der Waals surface area contributed by atoms with Gasteiger partial charge in [0.05, 0.1) is 13.7 Å². The van der Waals surface area contributed by atoms with Gasteiger partial charge in [-0.05, 0) is 37.0 Å². The molecule has 1 saturated carbocycles. The molecule has 0 N–H and O–H groups in total. The molecule has 1 fully saturated rings. The zero-order chi connectivity index (χ0) is 15.4. The summed E-state index contributed by atoms with van der Waals surface area (Å²) in [5.41, 5.74) is 2.17. The molecule has 0 unspecified atom stereocenters. The first-order valence-corrected chi connectivity index (χ1v) is 7.99. The second-order valence-electron chi connectivity index (χ2n) is 6.01. The molecule has 3 rings (SSSR count). The lowest BCUT2D eigenvalue weighted by Gasteiger charge is -2.14. The van der Waals surface area contributed by atoms with Crippen LogP contribution in [0.15, 0.2) is 30.6 Å². The normalized spacial score (nSPS) is 15.4. The molecule has 0 bridgehead atoms. The lowest BCUT2D eigenvalue weighted by molar-refractivity contribution is 0.181. The van der Waals surface area contributed by atoms with Crippen LogP contribution < -0.4 is 4.74 Å². The second-order valence-corrected chi connectivity index (χ2v) is 6.01. The molecule has 2 aromatic rings. The zero-order valence-electron chi connectivity index (χ0n) is 13.4. The van der Waals surface area contributed by atoms with Gasteiger partial charge in [-0.1, -0.05) is 12.8 Å². The van der Waals surface area contributed by atoms with Crippen LogP contribution in [0.5, 0.6) is 5.75 Å². The van der Waals surface area contributed by atoms with Crippen molar-refractivity contribution in [2.75, 3.05) is 14.2 Å². The smallest absolute Gasteiger partial charge is 0.139 e. The van der Waals surface area contributed by atoms with Gasteiger partial charge in [0, 0.05) is 37.2 Å². The Kier molecular flexibility index (Phi) is 4.78. The highest BCUT2D eigenvalue weighted by Gasteiger charge is 2.17. The fraction of sp³-hybridized carbons (Fsp3) is 0.500. The van der Waals surface area contributed by atoms with Gasteiger partial charge in [-0.3, -0.25) is 0 Å². The van der Waals surface area contributed by atoms with Crippen molar-refractivity contribution in [3.05, 3.63) is 36.2 Å². The summed E-state index contributed by atoms with van der Waals surface area (Å²) in [7, 11) is 3.39. The van der Waals surface area contributed by atoms with Gasteiger partial charge < -0.3 is 14.0 Å². The Morgan fingerprint density at radius 2 is 2.05 bits per heavy atom. The number of ether oxygens (including phenoxy) is 2. The van der Waals surface area contributed by atoms with Crippen LogP contribution in [0.3, 0.4) is 0 Å². The summed E-state index contributed by atoms with van der Waals surface area (Å²) >= 11 is 0. The molecule has 118 valence electrons. The van der Waals surface area contributed by atoms with Gasteiger partial charge in [-0.2, -0.15) is 0 Å². The predicted molar refractivity (Wildman–Crippen MR) is 86.9 cm³/mol. The van der Waals surface area contributed by atoms with Crippen molar-refractivity contribution >= 4 is 0 Å². The SMILES string of the molecule is COCc1cc(-c2nccn2CC2CCCC2)ccc1OC. The lowest BCUT2D eigenvalue weighted by atomic mass is 10.1. The maximum Gasteiger partial charge on any atom is 0.139 e. The minimum atomic E-state index is 0.542. The van der Waals surface area contributed by atoms with E-state index >= 15 is 0 Å². The summed E-state index contributed by atoms with van der Waals surface area (Å²) in [5, 5.41) is 0. The van der Waals surface area contributed by atoms with Gasteiger partial charge in [-0.15, -0.1) is 0 Å². The first kappa shape index (κ1) is 15.1. The maximum atomic E-state index is 5.40. The third-order valence-corrected chi connectivity index (χ3v) is 4.48. The van der Waals surface area contributed by atoms with Crippen molar-refractivity contribution in [1.82, 2.24) is 9.55 Å². The van der Waals surface area contributed by atoms with Crippen LogP contribution in [0, 0.1) is 5.92 Å². The molecule has 1 aromatic heterocycles. The van der Waals surface area contributed by atoms with Crippen molar-refractivity contribution in [1.29, 1.82) is 0 Å². The van der Waals surface area contributed by atoms with E-state index in [0.29, 0.717) is 6.61 Å². The van der Waals surface area contributed by atoms with Crippen LogP contribution >= 0.6 is 0 Å². The number of imidazole rings is 1. The average Bonchev–Trinajstić information content (AvgIpc) is 3.20. The lowest BCUT2D eigenvalue weighted by Crippen LogP contribution is -2.08. The van der Waals surface area contributed by atoms with Crippen LogP contribution in [0.25, 0.3) is 11.4 Å². The number of hydrogen-bond acceptors (Lipinski definition) is 3. The number of nitrogens with zero attached hydrogens (tertiary/aromatic N) is 2. The van der Waals surface area contributed by atoms with E-state index in [2.05, 4.69) is 27.9 Å². The van der Waals surface area contributed by atoms with Gasteiger partial charge >= 0.3 is 0 Å². The summed E-state index contributed by atoms with van der Waals surface area (Å²) in [6, 6.07) is 6.19. The minimum Gasteiger partial charge on any atom is -0.496 e. The summed E-state index contributed by atoms with van der Waals surface area (Å²) in [6.07, 6.45) is 9.41. The number of rotatable bonds is 6. The monoisotopic (exact) mass is 300 g/mol. The average molecular weight is 300 g/mol. The van der Waals surface area contributed by atoms with E-state index < -0.39 is 0 Å². The number of aromatic nitrogens is 2. The largest absolute Gasteiger partial charge is 0.496 e.